The highest BCUT2D eigenvalue weighted by Crippen LogP contribution is 2.16. The van der Waals surface area contributed by atoms with E-state index >= 15 is 0 Å². The monoisotopic (exact) mass is 241 g/mol. The highest BCUT2D eigenvalue weighted by molar-refractivity contribution is 7.85. The fraction of sp³-hybridized carbons (Fsp3) is 1.00. The van der Waals surface area contributed by atoms with E-state index in [9.17, 15) is 8.42 Å². The first-order chi connectivity index (χ1) is 6.74. The van der Waals surface area contributed by atoms with Gasteiger partial charge in [0.25, 0.3) is 10.1 Å². The molecule has 0 rings (SSSR count). The van der Waals surface area contributed by atoms with Crippen LogP contribution in [-0.4, -0.2) is 47.8 Å². The van der Waals surface area contributed by atoms with E-state index in [0.717, 1.165) is 0 Å². The average Bonchev–Trinajstić information content (AvgIpc) is 2.10. The van der Waals surface area contributed by atoms with Gasteiger partial charge in [0.1, 0.15) is 5.88 Å². The lowest BCUT2D eigenvalue weighted by molar-refractivity contribution is 0.0783. The van der Waals surface area contributed by atoms with E-state index in [4.69, 9.17) is 14.8 Å². The van der Waals surface area contributed by atoms with Crippen LogP contribution in [-0.2, 0) is 10.1 Å². The van der Waals surface area contributed by atoms with Gasteiger partial charge in [-0.2, -0.15) is 8.42 Å². The second-order valence-corrected chi connectivity index (χ2v) is 5.55. The third kappa shape index (κ3) is 6.06. The molecule has 0 fully saturated rings. The molecule has 92 valence electrons. The zero-order valence-corrected chi connectivity index (χ0v) is 9.79. The van der Waals surface area contributed by atoms with Gasteiger partial charge in [-0.25, -0.2) is 0 Å². The third-order valence-electron chi connectivity index (χ3n) is 2.03. The normalized spacial score (nSPS) is 13.5. The van der Waals surface area contributed by atoms with Crippen molar-refractivity contribution in [2.45, 2.75) is 25.8 Å². The molecule has 0 bridgehead atoms. The van der Waals surface area contributed by atoms with Crippen LogP contribution in [0.5, 0.6) is 0 Å². The van der Waals surface area contributed by atoms with Crippen LogP contribution in [0.15, 0.2) is 0 Å². The fourth-order valence-electron chi connectivity index (χ4n) is 1.39. The van der Waals surface area contributed by atoms with Gasteiger partial charge in [-0.3, -0.25) is 9.87 Å². The van der Waals surface area contributed by atoms with Crippen LogP contribution >= 0.6 is 0 Å². The van der Waals surface area contributed by atoms with Crippen LogP contribution < -0.4 is 5.32 Å². The second-order valence-electron chi connectivity index (χ2n) is 4.10. The van der Waals surface area contributed by atoms with Gasteiger partial charge in [-0.15, -0.1) is 0 Å². The minimum absolute atomic E-state index is 0.179. The molecule has 15 heavy (non-hydrogen) atoms. The Kier molecular flexibility index (Phi) is 5.68. The van der Waals surface area contributed by atoms with Crippen LogP contribution in [0.1, 0.15) is 20.3 Å². The van der Waals surface area contributed by atoms with Gasteiger partial charge in [0.05, 0.1) is 18.8 Å². The molecule has 0 radical (unpaired) electrons. The molecule has 0 aliphatic rings. The molecule has 0 spiro atoms. The maximum atomic E-state index is 10.5. The first kappa shape index (κ1) is 14.8. The van der Waals surface area contributed by atoms with E-state index < -0.39 is 34.7 Å². The van der Waals surface area contributed by atoms with E-state index in [-0.39, 0.29) is 5.92 Å². The maximum absolute atomic E-state index is 10.5. The van der Waals surface area contributed by atoms with E-state index in [2.05, 4.69) is 5.32 Å². The number of aliphatic hydroxyl groups is 2. The highest BCUT2D eigenvalue weighted by Gasteiger charge is 2.30. The lowest BCUT2D eigenvalue weighted by Gasteiger charge is -2.32. The molecule has 4 N–H and O–H groups in total. The fourth-order valence-corrected chi connectivity index (χ4v) is 1.88. The van der Waals surface area contributed by atoms with Gasteiger partial charge in [0, 0.05) is 0 Å². The van der Waals surface area contributed by atoms with Gasteiger partial charge in [-0.05, 0) is 12.3 Å². The van der Waals surface area contributed by atoms with Crippen LogP contribution in [0.2, 0.25) is 0 Å². The van der Waals surface area contributed by atoms with Crippen LogP contribution in [0.3, 0.4) is 0 Å². The van der Waals surface area contributed by atoms with Crippen molar-refractivity contribution < 1.29 is 23.2 Å². The molecule has 7 heteroatoms. The van der Waals surface area contributed by atoms with Crippen molar-refractivity contribution in [3.8, 4) is 0 Å². The summed E-state index contributed by atoms with van der Waals surface area (Å²) in [5.74, 6) is -0.501. The van der Waals surface area contributed by atoms with Gasteiger partial charge in [0.2, 0.25) is 0 Å². The van der Waals surface area contributed by atoms with Crippen LogP contribution in [0.4, 0.5) is 0 Å². The Bertz CT molecular complexity index is 271. The number of hydrogen-bond donors (Lipinski definition) is 4. The second kappa shape index (κ2) is 5.76. The summed E-state index contributed by atoms with van der Waals surface area (Å²) in [7, 11) is -4.15. The Balaban J connectivity index is 4.50. The zero-order chi connectivity index (χ0) is 12.1. The smallest absolute Gasteiger partial charge is 0.278 e. The Labute approximate surface area is 90.1 Å². The zero-order valence-electron chi connectivity index (χ0n) is 8.97. The van der Waals surface area contributed by atoms with Crippen LogP contribution in [0.25, 0.3) is 0 Å². The average molecular weight is 241 g/mol. The lowest BCUT2D eigenvalue weighted by Crippen LogP contribution is -2.54. The van der Waals surface area contributed by atoms with E-state index in [1.165, 1.54) is 0 Å². The summed E-state index contributed by atoms with van der Waals surface area (Å²) in [5.41, 5.74) is -1.07. The van der Waals surface area contributed by atoms with Gasteiger partial charge >= 0.3 is 0 Å². The number of aliphatic hydroxyl groups excluding tert-OH is 2. The Morgan fingerprint density at radius 3 is 2.00 bits per heavy atom. The highest BCUT2D eigenvalue weighted by atomic mass is 32.2. The van der Waals surface area contributed by atoms with Crippen LogP contribution in [0, 0.1) is 5.92 Å². The predicted octanol–water partition coefficient (Wildman–Crippen LogP) is -0.809. The molecule has 0 saturated heterocycles. The molecule has 6 nitrogen and oxygen atoms in total. The Morgan fingerprint density at radius 2 is 1.73 bits per heavy atom. The molecule has 0 atom stereocenters. The number of rotatable bonds is 7. The summed E-state index contributed by atoms with van der Waals surface area (Å²) in [6, 6.07) is 0. The Hall–Kier alpha value is -0.210. The van der Waals surface area contributed by atoms with Crippen molar-refractivity contribution in [3.05, 3.63) is 0 Å². The van der Waals surface area contributed by atoms with Gasteiger partial charge in [-0.1, -0.05) is 13.8 Å². The van der Waals surface area contributed by atoms with Crippen molar-refractivity contribution in [1.29, 1.82) is 0 Å². The Morgan fingerprint density at radius 1 is 1.27 bits per heavy atom. The largest absolute Gasteiger partial charge is 0.394 e. The molecule has 0 heterocycles. The predicted molar refractivity (Wildman–Crippen MR) is 55.9 cm³/mol. The summed E-state index contributed by atoms with van der Waals surface area (Å²) in [6.45, 7) is 2.98. The molecular weight excluding hydrogens is 222 g/mol. The lowest BCUT2D eigenvalue weighted by atomic mass is 9.90. The molecule has 0 aromatic heterocycles. The van der Waals surface area contributed by atoms with Crippen molar-refractivity contribution >= 4 is 10.1 Å². The molecule has 0 aliphatic carbocycles. The van der Waals surface area contributed by atoms with Gasteiger partial charge < -0.3 is 10.2 Å². The van der Waals surface area contributed by atoms with E-state index in [1.807, 2.05) is 13.8 Å². The minimum atomic E-state index is -4.15. The van der Waals surface area contributed by atoms with Gasteiger partial charge in [0.15, 0.2) is 0 Å². The molecule has 0 amide bonds. The maximum Gasteiger partial charge on any atom is 0.278 e. The molecule has 0 aromatic rings. The quantitative estimate of drug-likeness (QED) is 0.434. The summed E-state index contributed by atoms with van der Waals surface area (Å²) >= 11 is 0. The van der Waals surface area contributed by atoms with Crippen molar-refractivity contribution in [2.75, 3.05) is 19.1 Å². The SMILES string of the molecule is CC(C)CC(CO)(CO)NCS(=O)(=O)O. The molecule has 0 unspecified atom stereocenters. The molecular formula is C8H19NO5S. The number of nitrogens with one attached hydrogen (secondary N) is 1. The molecule has 0 aliphatic heterocycles. The first-order valence-corrected chi connectivity index (χ1v) is 6.27. The first-order valence-electron chi connectivity index (χ1n) is 4.66. The van der Waals surface area contributed by atoms with Crippen molar-refractivity contribution in [1.82, 2.24) is 5.32 Å². The summed E-state index contributed by atoms with van der Waals surface area (Å²) in [4.78, 5) is 0. The standard InChI is InChI=1S/C8H19NO5S/c1-7(2)3-8(4-10,5-11)9-6-15(12,13)14/h7,9-11H,3-6H2,1-2H3,(H,12,13,14). The van der Waals surface area contributed by atoms with E-state index in [0.29, 0.717) is 6.42 Å². The molecule has 0 aromatic carbocycles. The summed E-state index contributed by atoms with van der Waals surface area (Å²) in [6.07, 6.45) is 0.412. The van der Waals surface area contributed by atoms with E-state index in [1.54, 1.807) is 0 Å². The third-order valence-corrected chi connectivity index (χ3v) is 2.54. The number of hydrogen-bond acceptors (Lipinski definition) is 5. The summed E-state index contributed by atoms with van der Waals surface area (Å²) < 4.78 is 29.6. The van der Waals surface area contributed by atoms with Crippen molar-refractivity contribution in [3.63, 3.8) is 0 Å². The molecule has 0 saturated carbocycles. The minimum Gasteiger partial charge on any atom is -0.394 e. The van der Waals surface area contributed by atoms with Crippen molar-refractivity contribution in [2.24, 2.45) is 5.92 Å². The topological polar surface area (TPSA) is 107 Å². The summed E-state index contributed by atoms with van der Waals surface area (Å²) in [5, 5.41) is 20.7.